The SMILES string of the molecule is O=C(c1ccc(NC(=S)Nc2ccccc2)cc1)N1CCCCCC1. The van der Waals surface area contributed by atoms with Crippen molar-refractivity contribution in [1.82, 2.24) is 4.90 Å². The fourth-order valence-electron chi connectivity index (χ4n) is 2.97. The van der Waals surface area contributed by atoms with Crippen LogP contribution in [0.25, 0.3) is 0 Å². The lowest BCUT2D eigenvalue weighted by atomic mass is 10.1. The fourth-order valence-corrected chi connectivity index (χ4v) is 3.20. The Morgan fingerprint density at radius 3 is 1.96 bits per heavy atom. The maximum absolute atomic E-state index is 12.6. The van der Waals surface area contributed by atoms with E-state index in [9.17, 15) is 4.79 Å². The number of thiocarbonyl (C=S) groups is 1. The van der Waals surface area contributed by atoms with Gasteiger partial charge in [-0.3, -0.25) is 4.79 Å². The van der Waals surface area contributed by atoms with Gasteiger partial charge in [0, 0.05) is 30.0 Å². The molecule has 4 nitrogen and oxygen atoms in total. The first-order chi connectivity index (χ1) is 12.2. The normalized spacial score (nSPS) is 14.5. The molecule has 1 fully saturated rings. The minimum atomic E-state index is 0.124. The zero-order valence-corrected chi connectivity index (χ0v) is 15.0. The van der Waals surface area contributed by atoms with E-state index in [1.807, 2.05) is 59.5 Å². The second-order valence-corrected chi connectivity index (χ2v) is 6.64. The van der Waals surface area contributed by atoms with Crippen LogP contribution < -0.4 is 10.6 Å². The van der Waals surface area contributed by atoms with Crippen LogP contribution in [0.2, 0.25) is 0 Å². The number of likely N-dealkylation sites (tertiary alicyclic amines) is 1. The fraction of sp³-hybridized carbons (Fsp3) is 0.300. The molecule has 2 aromatic rings. The number of para-hydroxylation sites is 1. The van der Waals surface area contributed by atoms with Gasteiger partial charge < -0.3 is 15.5 Å². The van der Waals surface area contributed by atoms with Crippen molar-refractivity contribution in [3.05, 3.63) is 60.2 Å². The van der Waals surface area contributed by atoms with Crippen LogP contribution in [0.4, 0.5) is 11.4 Å². The number of nitrogens with one attached hydrogen (secondary N) is 2. The molecule has 2 aromatic carbocycles. The highest BCUT2D eigenvalue weighted by atomic mass is 32.1. The summed E-state index contributed by atoms with van der Waals surface area (Å²) in [5.74, 6) is 0.124. The van der Waals surface area contributed by atoms with Crippen LogP contribution in [0, 0.1) is 0 Å². The molecule has 0 aromatic heterocycles. The third-order valence-electron chi connectivity index (χ3n) is 4.31. The van der Waals surface area contributed by atoms with Gasteiger partial charge in [-0.1, -0.05) is 31.0 Å². The Balaban J connectivity index is 1.58. The maximum Gasteiger partial charge on any atom is 0.253 e. The summed E-state index contributed by atoms with van der Waals surface area (Å²) < 4.78 is 0. The van der Waals surface area contributed by atoms with Crippen molar-refractivity contribution in [2.75, 3.05) is 23.7 Å². The lowest BCUT2D eigenvalue weighted by molar-refractivity contribution is 0.0761. The van der Waals surface area contributed by atoms with E-state index in [2.05, 4.69) is 10.6 Å². The van der Waals surface area contributed by atoms with Crippen LogP contribution in [0.15, 0.2) is 54.6 Å². The smallest absolute Gasteiger partial charge is 0.253 e. The van der Waals surface area contributed by atoms with Crippen molar-refractivity contribution in [1.29, 1.82) is 0 Å². The lowest BCUT2D eigenvalue weighted by Gasteiger charge is -2.20. The molecule has 1 heterocycles. The van der Waals surface area contributed by atoms with E-state index in [1.54, 1.807) is 0 Å². The van der Waals surface area contributed by atoms with E-state index in [0.29, 0.717) is 5.11 Å². The van der Waals surface area contributed by atoms with Gasteiger partial charge in [0.2, 0.25) is 0 Å². The highest BCUT2D eigenvalue weighted by Crippen LogP contribution is 2.16. The Morgan fingerprint density at radius 1 is 0.800 bits per heavy atom. The Hall–Kier alpha value is -2.40. The summed E-state index contributed by atoms with van der Waals surface area (Å²) in [6.07, 6.45) is 4.65. The Morgan fingerprint density at radius 2 is 1.36 bits per heavy atom. The Bertz CT molecular complexity index is 707. The number of anilines is 2. The molecule has 0 bridgehead atoms. The van der Waals surface area contributed by atoms with Crippen LogP contribution in [0.1, 0.15) is 36.0 Å². The molecule has 5 heteroatoms. The van der Waals surface area contributed by atoms with Crippen molar-refractivity contribution >= 4 is 34.6 Å². The number of carbonyl (C=O) groups is 1. The molecule has 25 heavy (non-hydrogen) atoms. The van der Waals surface area contributed by atoms with Gasteiger partial charge in [-0.2, -0.15) is 0 Å². The van der Waals surface area contributed by atoms with Crippen LogP contribution in [-0.2, 0) is 0 Å². The predicted octanol–water partition coefficient (Wildman–Crippen LogP) is 4.51. The summed E-state index contributed by atoms with van der Waals surface area (Å²) in [6.45, 7) is 1.73. The second-order valence-electron chi connectivity index (χ2n) is 6.23. The molecule has 0 spiro atoms. The van der Waals surface area contributed by atoms with Gasteiger partial charge in [-0.15, -0.1) is 0 Å². The van der Waals surface area contributed by atoms with Gasteiger partial charge in [0.25, 0.3) is 5.91 Å². The molecule has 1 saturated heterocycles. The van der Waals surface area contributed by atoms with E-state index >= 15 is 0 Å². The van der Waals surface area contributed by atoms with Crippen LogP contribution in [0.3, 0.4) is 0 Å². The van der Waals surface area contributed by atoms with Gasteiger partial charge in [-0.25, -0.2) is 0 Å². The first kappa shape index (κ1) is 17.4. The largest absolute Gasteiger partial charge is 0.339 e. The number of amides is 1. The topological polar surface area (TPSA) is 44.4 Å². The summed E-state index contributed by atoms with van der Waals surface area (Å²) in [6, 6.07) is 17.3. The number of hydrogen-bond acceptors (Lipinski definition) is 2. The monoisotopic (exact) mass is 353 g/mol. The summed E-state index contributed by atoms with van der Waals surface area (Å²) in [4.78, 5) is 14.6. The quantitative estimate of drug-likeness (QED) is 0.797. The van der Waals surface area contributed by atoms with Crippen LogP contribution in [0.5, 0.6) is 0 Å². The van der Waals surface area contributed by atoms with Gasteiger partial charge in [0.15, 0.2) is 5.11 Å². The van der Waals surface area contributed by atoms with Gasteiger partial charge in [-0.05, 0) is 61.5 Å². The average Bonchev–Trinajstić information content (AvgIpc) is 2.92. The van der Waals surface area contributed by atoms with Crippen LogP contribution in [-0.4, -0.2) is 29.0 Å². The molecule has 0 atom stereocenters. The van der Waals surface area contributed by atoms with E-state index in [1.165, 1.54) is 12.8 Å². The van der Waals surface area contributed by atoms with Crippen molar-refractivity contribution in [3.8, 4) is 0 Å². The Labute approximate surface area is 154 Å². The number of carbonyl (C=O) groups excluding carboxylic acids is 1. The molecule has 2 N–H and O–H groups in total. The zero-order valence-electron chi connectivity index (χ0n) is 14.2. The molecule has 0 radical (unpaired) electrons. The first-order valence-electron chi connectivity index (χ1n) is 8.75. The molecule has 130 valence electrons. The molecule has 0 saturated carbocycles. The van der Waals surface area contributed by atoms with Gasteiger partial charge in [0.05, 0.1) is 0 Å². The van der Waals surface area contributed by atoms with Crippen LogP contribution >= 0.6 is 12.2 Å². The average molecular weight is 353 g/mol. The zero-order chi connectivity index (χ0) is 17.5. The summed E-state index contributed by atoms with van der Waals surface area (Å²) in [5.41, 5.74) is 2.53. The van der Waals surface area contributed by atoms with E-state index in [-0.39, 0.29) is 5.91 Å². The minimum absolute atomic E-state index is 0.124. The lowest BCUT2D eigenvalue weighted by Crippen LogP contribution is -2.31. The highest BCUT2D eigenvalue weighted by Gasteiger charge is 2.17. The van der Waals surface area contributed by atoms with Crippen molar-refractivity contribution < 1.29 is 4.79 Å². The first-order valence-corrected chi connectivity index (χ1v) is 9.15. The number of benzene rings is 2. The second kappa shape index (κ2) is 8.62. The molecule has 0 unspecified atom stereocenters. The van der Waals surface area contributed by atoms with E-state index in [0.717, 1.165) is 42.9 Å². The van der Waals surface area contributed by atoms with E-state index in [4.69, 9.17) is 12.2 Å². The van der Waals surface area contributed by atoms with Crippen molar-refractivity contribution in [3.63, 3.8) is 0 Å². The minimum Gasteiger partial charge on any atom is -0.339 e. The number of nitrogens with zero attached hydrogens (tertiary/aromatic N) is 1. The summed E-state index contributed by atoms with van der Waals surface area (Å²) in [7, 11) is 0. The predicted molar refractivity (Wildman–Crippen MR) is 107 cm³/mol. The summed E-state index contributed by atoms with van der Waals surface area (Å²) in [5, 5.41) is 6.80. The summed E-state index contributed by atoms with van der Waals surface area (Å²) >= 11 is 5.32. The molecule has 3 rings (SSSR count). The third kappa shape index (κ3) is 5.03. The van der Waals surface area contributed by atoms with Gasteiger partial charge in [0.1, 0.15) is 0 Å². The standard InChI is InChI=1S/C20H23N3OS/c24-19(23-14-6-1-2-7-15-23)16-10-12-18(13-11-16)22-20(25)21-17-8-4-3-5-9-17/h3-5,8-13H,1-2,6-7,14-15H2,(H2,21,22,25). The maximum atomic E-state index is 12.6. The Kier molecular flexibility index (Phi) is 6.01. The number of rotatable bonds is 3. The molecule has 1 amide bonds. The van der Waals surface area contributed by atoms with E-state index < -0.39 is 0 Å². The van der Waals surface area contributed by atoms with Gasteiger partial charge >= 0.3 is 0 Å². The molecule has 1 aliphatic rings. The molecule has 1 aliphatic heterocycles. The molecule has 0 aliphatic carbocycles. The van der Waals surface area contributed by atoms with Crippen molar-refractivity contribution in [2.24, 2.45) is 0 Å². The number of hydrogen-bond donors (Lipinski definition) is 2. The molecular formula is C20H23N3OS. The molecular weight excluding hydrogens is 330 g/mol. The third-order valence-corrected chi connectivity index (χ3v) is 4.52. The van der Waals surface area contributed by atoms with Crippen molar-refractivity contribution in [2.45, 2.75) is 25.7 Å². The highest BCUT2D eigenvalue weighted by molar-refractivity contribution is 7.80.